The third-order valence-electron chi connectivity index (χ3n) is 0.500. The van der Waals surface area contributed by atoms with E-state index in [1.165, 1.54) is 12.8 Å². The van der Waals surface area contributed by atoms with Crippen LogP contribution in [-0.2, 0) is 0 Å². The molecule has 0 aliphatic carbocycles. The molecule has 2 heteroatoms. The topological polar surface area (TPSA) is 31.5 Å². The van der Waals surface area contributed by atoms with Crippen LogP contribution in [0.25, 0.3) is 0 Å². The molecular formula is C4H15AlO. The molecule has 1 nitrogen and oxygen atoms in total. The van der Waals surface area contributed by atoms with Crippen LogP contribution in [0.2, 0.25) is 0 Å². The molecule has 0 heterocycles. The SMILES string of the molecule is CCCC.O.[AlH3]. The first-order chi connectivity index (χ1) is 1.91. The summed E-state index contributed by atoms with van der Waals surface area (Å²) < 4.78 is 0. The Labute approximate surface area is 50.2 Å². The molecule has 0 amide bonds. The van der Waals surface area contributed by atoms with Gasteiger partial charge in [-0.05, 0) is 0 Å². The van der Waals surface area contributed by atoms with Gasteiger partial charge in [-0.15, -0.1) is 0 Å². The molecule has 0 aromatic rings. The van der Waals surface area contributed by atoms with Crippen molar-refractivity contribution in [2.24, 2.45) is 0 Å². The molecule has 0 radical (unpaired) electrons. The van der Waals surface area contributed by atoms with Crippen molar-refractivity contribution in [1.29, 1.82) is 0 Å². The van der Waals surface area contributed by atoms with Gasteiger partial charge in [-0.1, -0.05) is 26.7 Å². The van der Waals surface area contributed by atoms with E-state index < -0.39 is 0 Å². The summed E-state index contributed by atoms with van der Waals surface area (Å²) in [5.74, 6) is 0. The van der Waals surface area contributed by atoms with E-state index in [1.807, 2.05) is 0 Å². The molecule has 0 fully saturated rings. The molecule has 0 aromatic carbocycles. The van der Waals surface area contributed by atoms with E-state index in [0.717, 1.165) is 0 Å². The lowest BCUT2D eigenvalue weighted by atomic mass is 10.4. The fourth-order valence-corrected chi connectivity index (χ4v) is 0. The molecule has 0 bridgehead atoms. The van der Waals surface area contributed by atoms with Crippen molar-refractivity contribution >= 4 is 17.4 Å². The van der Waals surface area contributed by atoms with E-state index >= 15 is 0 Å². The predicted octanol–water partition coefficient (Wildman–Crippen LogP) is -0.202. The number of unbranched alkanes of at least 4 members (excludes halogenated alkanes) is 1. The van der Waals surface area contributed by atoms with Crippen LogP contribution in [0.5, 0.6) is 0 Å². The Bertz CT molecular complexity index is 9.51. The summed E-state index contributed by atoms with van der Waals surface area (Å²) in [4.78, 5) is 0. The van der Waals surface area contributed by atoms with E-state index in [9.17, 15) is 0 Å². The molecule has 0 aromatic heterocycles. The van der Waals surface area contributed by atoms with Crippen LogP contribution in [-0.4, -0.2) is 22.8 Å². The molecule has 0 aliphatic heterocycles. The minimum Gasteiger partial charge on any atom is -0.412 e. The Morgan fingerprint density at radius 1 is 1.00 bits per heavy atom. The van der Waals surface area contributed by atoms with Crippen LogP contribution in [0.15, 0.2) is 0 Å². The van der Waals surface area contributed by atoms with E-state index in [2.05, 4.69) is 13.8 Å². The summed E-state index contributed by atoms with van der Waals surface area (Å²) in [7, 11) is 0. The summed E-state index contributed by atoms with van der Waals surface area (Å²) in [5.41, 5.74) is 0. The highest BCUT2D eigenvalue weighted by atomic mass is 27.0. The number of hydrogen-bond acceptors (Lipinski definition) is 0. The van der Waals surface area contributed by atoms with E-state index in [0.29, 0.717) is 0 Å². The second kappa shape index (κ2) is 17.8. The molecule has 0 atom stereocenters. The van der Waals surface area contributed by atoms with Crippen molar-refractivity contribution in [3.63, 3.8) is 0 Å². The lowest BCUT2D eigenvalue weighted by Gasteiger charge is -1.68. The highest BCUT2D eigenvalue weighted by Crippen LogP contribution is 1.76. The van der Waals surface area contributed by atoms with Crippen LogP contribution in [0.3, 0.4) is 0 Å². The van der Waals surface area contributed by atoms with Gasteiger partial charge < -0.3 is 5.48 Å². The highest BCUT2D eigenvalue weighted by Gasteiger charge is 1.56. The van der Waals surface area contributed by atoms with Gasteiger partial charge in [0.2, 0.25) is 0 Å². The van der Waals surface area contributed by atoms with Crippen LogP contribution in [0, 0.1) is 0 Å². The van der Waals surface area contributed by atoms with Gasteiger partial charge in [0.1, 0.15) is 0 Å². The smallest absolute Gasteiger partial charge is 0.187 e. The Morgan fingerprint density at radius 2 is 1.17 bits per heavy atom. The minimum absolute atomic E-state index is 0. The van der Waals surface area contributed by atoms with Gasteiger partial charge in [-0.25, -0.2) is 0 Å². The molecule has 0 spiro atoms. The summed E-state index contributed by atoms with van der Waals surface area (Å²) in [5, 5.41) is 0. The normalized spacial score (nSPS) is 5.00. The van der Waals surface area contributed by atoms with Gasteiger partial charge >= 0.3 is 0 Å². The molecule has 0 aliphatic rings. The Morgan fingerprint density at radius 3 is 1.17 bits per heavy atom. The fraction of sp³-hybridized carbons (Fsp3) is 1.00. The van der Waals surface area contributed by atoms with Crippen molar-refractivity contribution < 1.29 is 5.48 Å². The second-order valence-corrected chi connectivity index (χ2v) is 1.000. The predicted molar refractivity (Wildman–Crippen MR) is 34.1 cm³/mol. The summed E-state index contributed by atoms with van der Waals surface area (Å²) in [6.07, 6.45) is 2.64. The van der Waals surface area contributed by atoms with E-state index in [4.69, 9.17) is 0 Å². The van der Waals surface area contributed by atoms with E-state index in [-0.39, 0.29) is 22.8 Å². The monoisotopic (exact) mass is 106 g/mol. The van der Waals surface area contributed by atoms with Crippen molar-refractivity contribution in [3.8, 4) is 0 Å². The van der Waals surface area contributed by atoms with Gasteiger partial charge in [0.25, 0.3) is 0 Å². The average molecular weight is 106 g/mol. The quantitative estimate of drug-likeness (QED) is 0.414. The lowest BCUT2D eigenvalue weighted by Crippen LogP contribution is -1.47. The molecular weight excluding hydrogens is 91.0 g/mol. The minimum atomic E-state index is 0. The largest absolute Gasteiger partial charge is 0.412 e. The molecule has 0 rings (SSSR count). The maximum Gasteiger partial charge on any atom is 0.187 e. The molecule has 6 heavy (non-hydrogen) atoms. The van der Waals surface area contributed by atoms with Crippen molar-refractivity contribution in [2.75, 3.05) is 0 Å². The van der Waals surface area contributed by atoms with Crippen LogP contribution >= 0.6 is 0 Å². The summed E-state index contributed by atoms with van der Waals surface area (Å²) in [6.45, 7) is 4.36. The Balaban J connectivity index is -0.0000000450. The second-order valence-electron chi connectivity index (χ2n) is 1.000. The Hall–Kier alpha value is 0.492. The number of hydrogen-bond donors (Lipinski definition) is 0. The Kier molecular flexibility index (Phi) is 47.8. The fourth-order valence-electron chi connectivity index (χ4n) is 0. The molecule has 2 N–H and O–H groups in total. The first kappa shape index (κ1) is 16.1. The highest BCUT2D eigenvalue weighted by molar-refractivity contribution is 5.75. The number of rotatable bonds is 1. The first-order valence-electron chi connectivity index (χ1n) is 1.91. The molecule has 0 unspecified atom stereocenters. The van der Waals surface area contributed by atoms with Gasteiger partial charge in [0, 0.05) is 0 Å². The maximum atomic E-state index is 2.18. The van der Waals surface area contributed by atoms with Crippen LogP contribution in [0.4, 0.5) is 0 Å². The van der Waals surface area contributed by atoms with Gasteiger partial charge in [0.15, 0.2) is 17.4 Å². The standard InChI is InChI=1S/C4H10.Al.H2O.3H/c1-3-4-2;;;;;/h3-4H2,1-2H3;;1H2;;;. The zero-order chi connectivity index (χ0) is 3.41. The first-order valence-corrected chi connectivity index (χ1v) is 1.91. The van der Waals surface area contributed by atoms with Crippen molar-refractivity contribution in [2.45, 2.75) is 26.7 Å². The van der Waals surface area contributed by atoms with Gasteiger partial charge in [-0.3, -0.25) is 0 Å². The average Bonchev–Trinajstić information content (AvgIpc) is 1.37. The summed E-state index contributed by atoms with van der Waals surface area (Å²) in [6, 6.07) is 0. The van der Waals surface area contributed by atoms with Crippen LogP contribution in [0.1, 0.15) is 26.7 Å². The third-order valence-corrected chi connectivity index (χ3v) is 0.500. The molecule has 0 saturated carbocycles. The van der Waals surface area contributed by atoms with Gasteiger partial charge in [-0.2, -0.15) is 0 Å². The summed E-state index contributed by atoms with van der Waals surface area (Å²) >= 11 is 0. The van der Waals surface area contributed by atoms with Crippen molar-refractivity contribution in [1.82, 2.24) is 0 Å². The molecule has 0 saturated heterocycles. The van der Waals surface area contributed by atoms with Crippen LogP contribution < -0.4 is 0 Å². The molecule has 40 valence electrons. The third kappa shape index (κ3) is 24.6. The van der Waals surface area contributed by atoms with Gasteiger partial charge in [0.05, 0.1) is 0 Å². The zero-order valence-corrected chi connectivity index (χ0v) is 3.91. The maximum absolute atomic E-state index is 2.18. The van der Waals surface area contributed by atoms with Crippen molar-refractivity contribution in [3.05, 3.63) is 0 Å². The lowest BCUT2D eigenvalue weighted by molar-refractivity contribution is 0.824. The van der Waals surface area contributed by atoms with E-state index in [1.54, 1.807) is 0 Å². The zero-order valence-electron chi connectivity index (χ0n) is 3.91.